The lowest BCUT2D eigenvalue weighted by atomic mass is 10.1. The van der Waals surface area contributed by atoms with Crippen molar-refractivity contribution in [3.05, 3.63) is 60.4 Å². The van der Waals surface area contributed by atoms with Crippen LogP contribution in [-0.2, 0) is 0 Å². The Morgan fingerprint density at radius 1 is 1.19 bits per heavy atom. The number of rotatable bonds is 3. The lowest BCUT2D eigenvalue weighted by Crippen LogP contribution is -2.13. The maximum atomic E-state index is 11.5. The predicted octanol–water partition coefficient (Wildman–Crippen LogP) is 3.10. The van der Waals surface area contributed by atoms with Gasteiger partial charge in [0.1, 0.15) is 5.82 Å². The molecule has 0 fully saturated rings. The number of fused-ring (bicyclic) bond motifs is 1. The summed E-state index contributed by atoms with van der Waals surface area (Å²) in [6.45, 7) is 0. The molecule has 5 nitrogen and oxygen atoms in total. The monoisotopic (exact) mass is 279 g/mol. The number of carbonyl (C=O) groups is 1. The molecule has 3 rings (SSSR count). The largest absolute Gasteiger partial charge is 0.478 e. The van der Waals surface area contributed by atoms with E-state index in [9.17, 15) is 9.90 Å². The number of para-hydroxylation sites is 1. The smallest absolute Gasteiger partial charge is 0.336 e. The van der Waals surface area contributed by atoms with Gasteiger partial charge in [0.2, 0.25) is 0 Å². The van der Waals surface area contributed by atoms with E-state index in [0.717, 1.165) is 5.69 Å². The molecule has 2 aromatic heterocycles. The van der Waals surface area contributed by atoms with E-state index >= 15 is 0 Å². The van der Waals surface area contributed by atoms with E-state index in [-0.39, 0.29) is 5.56 Å². The third kappa shape index (κ3) is 2.41. The normalized spacial score (nSPS) is 10.5. The molecule has 0 unspecified atom stereocenters. The number of carboxylic acid groups (broad SMARTS) is 1. The molecule has 0 aliphatic rings. The standard InChI is InChI=1S/C16H13N3O2/c1-19(11-5-4-8-17-10-11)15-9-13(16(20)21)12-6-2-3-7-14(12)18-15/h2-10H,1H3,(H,20,21). The summed E-state index contributed by atoms with van der Waals surface area (Å²) >= 11 is 0. The minimum atomic E-state index is -0.963. The zero-order chi connectivity index (χ0) is 14.8. The number of hydrogen-bond donors (Lipinski definition) is 1. The molecular weight excluding hydrogens is 266 g/mol. The number of hydrogen-bond acceptors (Lipinski definition) is 4. The first kappa shape index (κ1) is 13.1. The fraction of sp³-hybridized carbons (Fsp3) is 0.0625. The molecule has 21 heavy (non-hydrogen) atoms. The average Bonchev–Trinajstić information content (AvgIpc) is 2.53. The van der Waals surface area contributed by atoms with Crippen molar-refractivity contribution in [2.75, 3.05) is 11.9 Å². The van der Waals surface area contributed by atoms with Gasteiger partial charge in [0.25, 0.3) is 0 Å². The Bertz CT molecular complexity index is 803. The van der Waals surface area contributed by atoms with Crippen LogP contribution in [0.15, 0.2) is 54.9 Å². The molecule has 3 aromatic rings. The lowest BCUT2D eigenvalue weighted by molar-refractivity contribution is 0.0699. The third-order valence-corrected chi connectivity index (χ3v) is 3.31. The summed E-state index contributed by atoms with van der Waals surface area (Å²) in [5, 5.41) is 10.0. The number of aromatic carboxylic acids is 1. The molecular formula is C16H13N3O2. The van der Waals surface area contributed by atoms with Gasteiger partial charge in [-0.1, -0.05) is 18.2 Å². The summed E-state index contributed by atoms with van der Waals surface area (Å²) in [4.78, 5) is 21.9. The first-order valence-electron chi connectivity index (χ1n) is 6.43. The van der Waals surface area contributed by atoms with Crippen LogP contribution in [0.3, 0.4) is 0 Å². The minimum Gasteiger partial charge on any atom is -0.478 e. The summed E-state index contributed by atoms with van der Waals surface area (Å²) < 4.78 is 0. The van der Waals surface area contributed by atoms with Gasteiger partial charge in [-0.25, -0.2) is 9.78 Å². The van der Waals surface area contributed by atoms with E-state index in [1.807, 2.05) is 36.2 Å². The molecule has 0 spiro atoms. The van der Waals surface area contributed by atoms with Crippen molar-refractivity contribution >= 4 is 28.4 Å². The van der Waals surface area contributed by atoms with E-state index in [1.54, 1.807) is 30.6 Å². The van der Waals surface area contributed by atoms with Crippen molar-refractivity contribution in [1.82, 2.24) is 9.97 Å². The SMILES string of the molecule is CN(c1cccnc1)c1cc(C(=O)O)c2ccccc2n1. The van der Waals surface area contributed by atoms with Crippen molar-refractivity contribution in [2.24, 2.45) is 0 Å². The van der Waals surface area contributed by atoms with E-state index < -0.39 is 5.97 Å². The summed E-state index contributed by atoms with van der Waals surface area (Å²) in [5.41, 5.74) is 1.74. The van der Waals surface area contributed by atoms with Gasteiger partial charge in [-0.3, -0.25) is 4.98 Å². The molecule has 0 aliphatic carbocycles. The quantitative estimate of drug-likeness (QED) is 0.798. The highest BCUT2D eigenvalue weighted by Crippen LogP contribution is 2.26. The predicted molar refractivity (Wildman–Crippen MR) is 81.0 cm³/mol. The molecule has 5 heteroatoms. The first-order valence-corrected chi connectivity index (χ1v) is 6.43. The van der Waals surface area contributed by atoms with Crippen LogP contribution in [0.5, 0.6) is 0 Å². The van der Waals surface area contributed by atoms with E-state index in [2.05, 4.69) is 9.97 Å². The molecule has 1 N–H and O–H groups in total. The maximum Gasteiger partial charge on any atom is 0.336 e. The van der Waals surface area contributed by atoms with Gasteiger partial charge in [-0.05, 0) is 24.3 Å². The Morgan fingerprint density at radius 3 is 2.71 bits per heavy atom. The Kier molecular flexibility index (Phi) is 3.23. The molecule has 1 aromatic carbocycles. The number of benzene rings is 1. The van der Waals surface area contributed by atoms with Gasteiger partial charge in [0.05, 0.1) is 23.0 Å². The summed E-state index contributed by atoms with van der Waals surface area (Å²) in [6.07, 6.45) is 3.39. The summed E-state index contributed by atoms with van der Waals surface area (Å²) in [6, 6.07) is 12.5. The van der Waals surface area contributed by atoms with Gasteiger partial charge < -0.3 is 10.0 Å². The van der Waals surface area contributed by atoms with Gasteiger partial charge in [-0.15, -0.1) is 0 Å². The molecule has 0 saturated carbocycles. The highest BCUT2D eigenvalue weighted by Gasteiger charge is 2.14. The lowest BCUT2D eigenvalue weighted by Gasteiger charge is -2.19. The summed E-state index contributed by atoms with van der Waals surface area (Å²) in [7, 11) is 1.83. The van der Waals surface area contributed by atoms with Gasteiger partial charge in [0.15, 0.2) is 0 Å². The second-order valence-corrected chi connectivity index (χ2v) is 4.62. The van der Waals surface area contributed by atoms with Crippen LogP contribution >= 0.6 is 0 Å². The molecule has 0 bridgehead atoms. The van der Waals surface area contributed by atoms with Crippen molar-refractivity contribution < 1.29 is 9.90 Å². The summed E-state index contributed by atoms with van der Waals surface area (Å²) in [5.74, 6) is -0.395. The average molecular weight is 279 g/mol. The van der Waals surface area contributed by atoms with Crippen LogP contribution in [-0.4, -0.2) is 28.1 Å². The van der Waals surface area contributed by atoms with E-state index in [1.165, 1.54) is 0 Å². The highest BCUT2D eigenvalue weighted by atomic mass is 16.4. The number of pyridine rings is 2. The zero-order valence-electron chi connectivity index (χ0n) is 11.4. The highest BCUT2D eigenvalue weighted by molar-refractivity contribution is 6.03. The second-order valence-electron chi connectivity index (χ2n) is 4.62. The Morgan fingerprint density at radius 2 is 2.00 bits per heavy atom. The molecule has 0 radical (unpaired) electrons. The molecule has 0 atom stereocenters. The van der Waals surface area contributed by atoms with Crippen molar-refractivity contribution in [3.8, 4) is 0 Å². The third-order valence-electron chi connectivity index (χ3n) is 3.31. The molecule has 0 amide bonds. The second kappa shape index (κ2) is 5.20. The number of anilines is 2. The van der Waals surface area contributed by atoms with Crippen LogP contribution in [0, 0.1) is 0 Å². The zero-order valence-corrected chi connectivity index (χ0v) is 11.4. The molecule has 2 heterocycles. The number of nitrogens with zero attached hydrogens (tertiary/aromatic N) is 3. The van der Waals surface area contributed by atoms with Gasteiger partial charge in [-0.2, -0.15) is 0 Å². The van der Waals surface area contributed by atoms with E-state index in [0.29, 0.717) is 16.7 Å². The Hall–Kier alpha value is -2.95. The molecule has 104 valence electrons. The molecule has 0 aliphatic heterocycles. The van der Waals surface area contributed by atoms with Crippen molar-refractivity contribution in [3.63, 3.8) is 0 Å². The Balaban J connectivity index is 2.18. The van der Waals surface area contributed by atoms with Crippen LogP contribution in [0.2, 0.25) is 0 Å². The van der Waals surface area contributed by atoms with Crippen LogP contribution in [0.25, 0.3) is 10.9 Å². The fourth-order valence-electron chi connectivity index (χ4n) is 2.19. The van der Waals surface area contributed by atoms with Crippen LogP contribution < -0.4 is 4.90 Å². The van der Waals surface area contributed by atoms with Crippen molar-refractivity contribution in [1.29, 1.82) is 0 Å². The topological polar surface area (TPSA) is 66.3 Å². The van der Waals surface area contributed by atoms with Crippen LogP contribution in [0.4, 0.5) is 11.5 Å². The first-order chi connectivity index (χ1) is 10.2. The Labute approximate surface area is 121 Å². The number of aromatic nitrogens is 2. The van der Waals surface area contributed by atoms with Gasteiger partial charge >= 0.3 is 5.97 Å². The van der Waals surface area contributed by atoms with Crippen molar-refractivity contribution in [2.45, 2.75) is 0 Å². The van der Waals surface area contributed by atoms with Crippen LogP contribution in [0.1, 0.15) is 10.4 Å². The minimum absolute atomic E-state index is 0.242. The fourth-order valence-corrected chi connectivity index (χ4v) is 2.19. The van der Waals surface area contributed by atoms with E-state index in [4.69, 9.17) is 0 Å². The maximum absolute atomic E-state index is 11.5. The number of carboxylic acids is 1. The van der Waals surface area contributed by atoms with Gasteiger partial charge in [0, 0.05) is 18.6 Å². The molecule has 0 saturated heterocycles.